The van der Waals surface area contributed by atoms with Crippen LogP contribution in [0.25, 0.3) is 0 Å². The Kier molecular flexibility index (Phi) is 7.03. The van der Waals surface area contributed by atoms with E-state index in [1.165, 1.54) is 13.2 Å². The van der Waals surface area contributed by atoms with Gasteiger partial charge in [-0.3, -0.25) is 0 Å². The van der Waals surface area contributed by atoms with Crippen LogP contribution in [0.5, 0.6) is 5.75 Å². The minimum Gasteiger partial charge on any atom is -0.494 e. The number of ether oxygens (including phenoxy) is 2. The fourth-order valence-electron chi connectivity index (χ4n) is 2.43. The summed E-state index contributed by atoms with van der Waals surface area (Å²) in [5.41, 5.74) is 0.639. The van der Waals surface area contributed by atoms with Crippen LogP contribution in [0.2, 0.25) is 0 Å². The molecule has 0 spiro atoms. The average molecular weight is 394 g/mol. The van der Waals surface area contributed by atoms with Gasteiger partial charge in [-0.05, 0) is 26.0 Å². The van der Waals surface area contributed by atoms with Crippen molar-refractivity contribution in [2.45, 2.75) is 20.5 Å². The van der Waals surface area contributed by atoms with Crippen LogP contribution < -0.4 is 4.74 Å². The predicted octanol–water partition coefficient (Wildman–Crippen LogP) is 4.39. The van der Waals surface area contributed by atoms with Gasteiger partial charge in [0.25, 0.3) is 0 Å². The molecule has 0 radical (unpaired) electrons. The minimum absolute atomic E-state index is 0.169. The standard InChI is InChI=1S/C20H21F3N2O3/c1-5-25(3)11-24-18-7-6-14(12(2)19(18)27-4)20(26)28-10-15-16(22)8-13(21)9-17(15)23/h6-9,11H,5,10H2,1-4H3/b24-11+. The maximum Gasteiger partial charge on any atom is 0.338 e. The highest BCUT2D eigenvalue weighted by molar-refractivity contribution is 5.93. The fraction of sp³-hybridized carbons (Fsp3) is 0.300. The van der Waals surface area contributed by atoms with E-state index in [4.69, 9.17) is 9.47 Å². The first-order chi connectivity index (χ1) is 13.3. The zero-order valence-corrected chi connectivity index (χ0v) is 16.1. The van der Waals surface area contributed by atoms with Gasteiger partial charge in [0.2, 0.25) is 0 Å². The SMILES string of the molecule is CCN(C)/C=N/c1ccc(C(=O)OCc2c(F)cc(F)cc2F)c(C)c1OC. The van der Waals surface area contributed by atoms with Crippen molar-refractivity contribution in [3.63, 3.8) is 0 Å². The van der Waals surface area contributed by atoms with Gasteiger partial charge in [-0.15, -0.1) is 0 Å². The lowest BCUT2D eigenvalue weighted by Crippen LogP contribution is -2.14. The molecule has 0 N–H and O–H groups in total. The Morgan fingerprint density at radius 3 is 2.43 bits per heavy atom. The van der Waals surface area contributed by atoms with Crippen molar-refractivity contribution in [3.8, 4) is 5.75 Å². The van der Waals surface area contributed by atoms with Crippen molar-refractivity contribution in [2.75, 3.05) is 20.7 Å². The number of esters is 1. The van der Waals surface area contributed by atoms with Gasteiger partial charge in [0, 0.05) is 31.3 Å². The molecule has 0 saturated carbocycles. The van der Waals surface area contributed by atoms with Crippen LogP contribution in [0.1, 0.15) is 28.4 Å². The number of benzene rings is 2. The molecule has 0 unspecified atom stereocenters. The maximum absolute atomic E-state index is 13.7. The monoisotopic (exact) mass is 394 g/mol. The van der Waals surface area contributed by atoms with E-state index < -0.39 is 35.6 Å². The van der Waals surface area contributed by atoms with Crippen LogP contribution in [0.15, 0.2) is 29.3 Å². The Labute approximate surface area is 161 Å². The van der Waals surface area contributed by atoms with Crippen LogP contribution >= 0.6 is 0 Å². The number of carbonyl (C=O) groups is 1. The Balaban J connectivity index is 2.23. The zero-order valence-electron chi connectivity index (χ0n) is 16.1. The largest absolute Gasteiger partial charge is 0.494 e. The van der Waals surface area contributed by atoms with Crippen LogP contribution in [0.3, 0.4) is 0 Å². The van der Waals surface area contributed by atoms with E-state index in [1.807, 2.05) is 18.9 Å². The minimum atomic E-state index is -1.12. The van der Waals surface area contributed by atoms with Crippen molar-refractivity contribution < 1.29 is 27.4 Å². The molecular formula is C20H21F3N2O3. The summed E-state index contributed by atoms with van der Waals surface area (Å²) in [4.78, 5) is 18.6. The second-order valence-electron chi connectivity index (χ2n) is 6.03. The lowest BCUT2D eigenvalue weighted by atomic mass is 10.1. The van der Waals surface area contributed by atoms with E-state index in [0.29, 0.717) is 29.1 Å². The normalized spacial score (nSPS) is 11.0. The van der Waals surface area contributed by atoms with Gasteiger partial charge >= 0.3 is 5.97 Å². The summed E-state index contributed by atoms with van der Waals surface area (Å²) in [7, 11) is 3.31. The maximum atomic E-state index is 13.7. The first kappa shape index (κ1) is 21.3. The van der Waals surface area contributed by atoms with E-state index >= 15 is 0 Å². The summed E-state index contributed by atoms with van der Waals surface area (Å²) >= 11 is 0. The second kappa shape index (κ2) is 9.25. The predicted molar refractivity (Wildman–Crippen MR) is 99.6 cm³/mol. The molecule has 2 aromatic carbocycles. The molecule has 28 heavy (non-hydrogen) atoms. The van der Waals surface area contributed by atoms with Crippen molar-refractivity contribution >= 4 is 18.0 Å². The molecule has 0 heterocycles. The highest BCUT2D eigenvalue weighted by Crippen LogP contribution is 2.33. The molecule has 0 atom stereocenters. The van der Waals surface area contributed by atoms with Gasteiger partial charge in [-0.2, -0.15) is 0 Å². The van der Waals surface area contributed by atoms with Crippen molar-refractivity contribution in [1.29, 1.82) is 0 Å². The number of carbonyl (C=O) groups excluding carboxylic acids is 1. The molecule has 0 fully saturated rings. The molecule has 0 aliphatic rings. The number of hydrogen-bond donors (Lipinski definition) is 0. The van der Waals surface area contributed by atoms with Crippen molar-refractivity contribution in [1.82, 2.24) is 4.90 Å². The molecule has 0 aromatic heterocycles. The molecule has 5 nitrogen and oxygen atoms in total. The lowest BCUT2D eigenvalue weighted by molar-refractivity contribution is 0.0463. The van der Waals surface area contributed by atoms with Gasteiger partial charge in [-0.25, -0.2) is 23.0 Å². The van der Waals surface area contributed by atoms with Gasteiger partial charge in [0.05, 0.1) is 24.6 Å². The van der Waals surface area contributed by atoms with Gasteiger partial charge < -0.3 is 14.4 Å². The summed E-state index contributed by atoms with van der Waals surface area (Å²) in [5, 5.41) is 0. The molecule has 2 aromatic rings. The molecule has 2 rings (SSSR count). The topological polar surface area (TPSA) is 51.1 Å². The molecule has 0 aliphatic heterocycles. The zero-order chi connectivity index (χ0) is 20.8. The Morgan fingerprint density at radius 2 is 1.86 bits per heavy atom. The third kappa shape index (κ3) is 4.82. The highest BCUT2D eigenvalue weighted by Gasteiger charge is 2.19. The van der Waals surface area contributed by atoms with E-state index in [0.717, 1.165) is 6.54 Å². The second-order valence-corrected chi connectivity index (χ2v) is 6.03. The molecule has 0 saturated heterocycles. The molecular weight excluding hydrogens is 373 g/mol. The summed E-state index contributed by atoms with van der Waals surface area (Å²) in [6.07, 6.45) is 1.63. The summed E-state index contributed by atoms with van der Waals surface area (Å²) < 4.78 is 50.7. The molecule has 0 aliphatic carbocycles. The third-order valence-electron chi connectivity index (χ3n) is 4.16. The fourth-order valence-corrected chi connectivity index (χ4v) is 2.43. The first-order valence-electron chi connectivity index (χ1n) is 8.51. The summed E-state index contributed by atoms with van der Waals surface area (Å²) in [6, 6.07) is 4.14. The number of hydrogen-bond acceptors (Lipinski definition) is 4. The van der Waals surface area contributed by atoms with Crippen LogP contribution in [-0.2, 0) is 11.3 Å². The van der Waals surface area contributed by atoms with E-state index in [1.54, 1.807) is 19.3 Å². The van der Waals surface area contributed by atoms with E-state index in [-0.39, 0.29) is 5.56 Å². The van der Waals surface area contributed by atoms with Gasteiger partial charge in [0.15, 0.2) is 0 Å². The Morgan fingerprint density at radius 1 is 1.21 bits per heavy atom. The van der Waals surface area contributed by atoms with Crippen LogP contribution in [0.4, 0.5) is 18.9 Å². The van der Waals surface area contributed by atoms with E-state index in [9.17, 15) is 18.0 Å². The first-order valence-corrected chi connectivity index (χ1v) is 8.51. The Hall–Kier alpha value is -3.03. The number of methoxy groups -OCH3 is 1. The van der Waals surface area contributed by atoms with Crippen molar-refractivity contribution in [2.24, 2.45) is 4.99 Å². The highest BCUT2D eigenvalue weighted by atomic mass is 19.1. The average Bonchev–Trinajstić information content (AvgIpc) is 2.64. The number of rotatable bonds is 7. The molecule has 0 bridgehead atoms. The quantitative estimate of drug-likeness (QED) is 0.397. The van der Waals surface area contributed by atoms with Gasteiger partial charge in [-0.1, -0.05) is 0 Å². The lowest BCUT2D eigenvalue weighted by Gasteiger charge is -2.14. The van der Waals surface area contributed by atoms with Crippen molar-refractivity contribution in [3.05, 3.63) is 58.4 Å². The summed E-state index contributed by atoms with van der Waals surface area (Å²) in [6.45, 7) is 3.73. The molecule has 0 amide bonds. The number of halogens is 3. The van der Waals surface area contributed by atoms with Gasteiger partial charge in [0.1, 0.15) is 35.5 Å². The Bertz CT molecular complexity index is 878. The number of nitrogens with zero attached hydrogens (tertiary/aromatic N) is 2. The van der Waals surface area contributed by atoms with E-state index in [2.05, 4.69) is 4.99 Å². The van der Waals surface area contributed by atoms with Crippen LogP contribution in [0, 0.1) is 24.4 Å². The number of aliphatic imine (C=N–C) groups is 1. The third-order valence-corrected chi connectivity index (χ3v) is 4.16. The molecule has 150 valence electrons. The molecule has 8 heteroatoms. The summed E-state index contributed by atoms with van der Waals surface area (Å²) in [5.74, 6) is -3.70. The van der Waals surface area contributed by atoms with Crippen LogP contribution in [-0.4, -0.2) is 37.9 Å². The smallest absolute Gasteiger partial charge is 0.338 e.